The SMILES string of the molecule is Cc1cnc(-c2ccc(C#N)cc2)[nH]1. The second-order valence-electron chi connectivity index (χ2n) is 3.10. The molecule has 3 nitrogen and oxygen atoms in total. The van der Waals surface area contributed by atoms with E-state index in [4.69, 9.17) is 5.26 Å². The Morgan fingerprint density at radius 2 is 2.00 bits per heavy atom. The lowest BCUT2D eigenvalue weighted by molar-refractivity contribution is 1.25. The van der Waals surface area contributed by atoms with Crippen LogP contribution in [0, 0.1) is 18.3 Å². The minimum absolute atomic E-state index is 0.664. The Balaban J connectivity index is 2.39. The van der Waals surface area contributed by atoms with Crippen LogP contribution in [-0.4, -0.2) is 9.97 Å². The van der Waals surface area contributed by atoms with E-state index in [9.17, 15) is 0 Å². The summed E-state index contributed by atoms with van der Waals surface area (Å²) in [6, 6.07) is 9.42. The van der Waals surface area contributed by atoms with Crippen molar-refractivity contribution in [3.8, 4) is 17.5 Å². The first-order valence-corrected chi connectivity index (χ1v) is 4.32. The highest BCUT2D eigenvalue weighted by atomic mass is 14.9. The van der Waals surface area contributed by atoms with Gasteiger partial charge in [0.15, 0.2) is 0 Å². The Bertz CT molecular complexity index is 474. The molecule has 0 aliphatic carbocycles. The fourth-order valence-corrected chi connectivity index (χ4v) is 1.26. The van der Waals surface area contributed by atoms with Gasteiger partial charge in [0.1, 0.15) is 5.82 Å². The number of aromatic nitrogens is 2. The van der Waals surface area contributed by atoms with Crippen LogP contribution in [0.3, 0.4) is 0 Å². The summed E-state index contributed by atoms with van der Waals surface area (Å²) in [5.41, 5.74) is 2.69. The third kappa shape index (κ3) is 1.50. The molecule has 0 saturated carbocycles. The Morgan fingerprint density at radius 1 is 1.29 bits per heavy atom. The molecule has 2 rings (SSSR count). The highest BCUT2D eigenvalue weighted by Gasteiger charge is 2.00. The average molecular weight is 183 g/mol. The van der Waals surface area contributed by atoms with Crippen LogP contribution >= 0.6 is 0 Å². The van der Waals surface area contributed by atoms with Gasteiger partial charge in [-0.05, 0) is 31.2 Å². The number of hydrogen-bond acceptors (Lipinski definition) is 2. The molecule has 1 N–H and O–H groups in total. The summed E-state index contributed by atoms with van der Waals surface area (Å²) in [6.07, 6.45) is 1.79. The number of H-pyrrole nitrogens is 1. The molecular weight excluding hydrogens is 174 g/mol. The van der Waals surface area contributed by atoms with Crippen molar-refractivity contribution in [2.75, 3.05) is 0 Å². The second-order valence-corrected chi connectivity index (χ2v) is 3.10. The maximum atomic E-state index is 8.63. The van der Waals surface area contributed by atoms with E-state index < -0.39 is 0 Å². The van der Waals surface area contributed by atoms with Gasteiger partial charge in [0, 0.05) is 17.5 Å². The lowest BCUT2D eigenvalue weighted by Gasteiger charge is -1.95. The number of aromatic amines is 1. The van der Waals surface area contributed by atoms with Gasteiger partial charge in [-0.25, -0.2) is 4.98 Å². The van der Waals surface area contributed by atoms with Crippen LogP contribution in [0.4, 0.5) is 0 Å². The number of nitrogens with zero attached hydrogens (tertiary/aromatic N) is 2. The van der Waals surface area contributed by atoms with Gasteiger partial charge >= 0.3 is 0 Å². The normalized spacial score (nSPS) is 9.71. The van der Waals surface area contributed by atoms with Crippen LogP contribution in [-0.2, 0) is 0 Å². The largest absolute Gasteiger partial charge is 0.342 e. The number of rotatable bonds is 1. The summed E-state index contributed by atoms with van der Waals surface area (Å²) in [6.45, 7) is 1.96. The van der Waals surface area contributed by atoms with Crippen molar-refractivity contribution >= 4 is 0 Å². The van der Waals surface area contributed by atoms with Crippen LogP contribution < -0.4 is 0 Å². The van der Waals surface area contributed by atoms with Crippen molar-refractivity contribution in [3.63, 3.8) is 0 Å². The molecule has 0 amide bonds. The third-order valence-electron chi connectivity index (χ3n) is 1.99. The van der Waals surface area contributed by atoms with Crippen LogP contribution in [0.5, 0.6) is 0 Å². The molecule has 14 heavy (non-hydrogen) atoms. The van der Waals surface area contributed by atoms with Gasteiger partial charge in [0.25, 0.3) is 0 Å². The van der Waals surface area contributed by atoms with Crippen molar-refractivity contribution < 1.29 is 0 Å². The summed E-state index contributed by atoms with van der Waals surface area (Å²) >= 11 is 0. The Labute approximate surface area is 82.0 Å². The zero-order chi connectivity index (χ0) is 9.97. The first kappa shape index (κ1) is 8.52. The number of benzene rings is 1. The molecule has 0 atom stereocenters. The number of hydrogen-bond donors (Lipinski definition) is 1. The van der Waals surface area contributed by atoms with Crippen molar-refractivity contribution in [2.45, 2.75) is 6.92 Å². The molecule has 0 bridgehead atoms. The number of nitriles is 1. The Morgan fingerprint density at radius 3 is 2.50 bits per heavy atom. The third-order valence-corrected chi connectivity index (χ3v) is 1.99. The van der Waals surface area contributed by atoms with Gasteiger partial charge in [-0.1, -0.05) is 0 Å². The minimum atomic E-state index is 0.664. The molecule has 0 unspecified atom stereocenters. The quantitative estimate of drug-likeness (QED) is 0.737. The molecule has 2 aromatic rings. The molecule has 0 saturated heterocycles. The lowest BCUT2D eigenvalue weighted by Crippen LogP contribution is -1.81. The zero-order valence-electron chi connectivity index (χ0n) is 7.78. The molecule has 0 aliphatic heterocycles. The molecule has 3 heteroatoms. The fourth-order valence-electron chi connectivity index (χ4n) is 1.26. The molecule has 1 heterocycles. The Kier molecular flexibility index (Phi) is 2.04. The van der Waals surface area contributed by atoms with Gasteiger partial charge in [-0.3, -0.25) is 0 Å². The summed E-state index contributed by atoms with van der Waals surface area (Å²) in [7, 11) is 0. The monoisotopic (exact) mass is 183 g/mol. The number of nitrogens with one attached hydrogen (secondary N) is 1. The molecule has 0 spiro atoms. The minimum Gasteiger partial charge on any atom is -0.342 e. The van der Waals surface area contributed by atoms with Gasteiger partial charge in [0.2, 0.25) is 0 Å². The first-order valence-electron chi connectivity index (χ1n) is 4.32. The maximum absolute atomic E-state index is 8.63. The lowest BCUT2D eigenvalue weighted by atomic mass is 10.1. The second kappa shape index (κ2) is 3.35. The first-order chi connectivity index (χ1) is 6.79. The van der Waals surface area contributed by atoms with Crippen LogP contribution in [0.1, 0.15) is 11.3 Å². The fraction of sp³-hybridized carbons (Fsp3) is 0.0909. The highest BCUT2D eigenvalue weighted by molar-refractivity contribution is 5.56. The van der Waals surface area contributed by atoms with E-state index in [1.807, 2.05) is 19.1 Å². The van der Waals surface area contributed by atoms with E-state index in [-0.39, 0.29) is 0 Å². The number of imidazole rings is 1. The number of aryl methyl sites for hydroxylation is 1. The standard InChI is InChI=1S/C11H9N3/c1-8-7-13-11(14-8)10-4-2-9(6-12)3-5-10/h2-5,7H,1H3,(H,13,14). The summed E-state index contributed by atoms with van der Waals surface area (Å²) in [4.78, 5) is 7.34. The summed E-state index contributed by atoms with van der Waals surface area (Å²) in [5, 5.41) is 8.63. The van der Waals surface area contributed by atoms with E-state index in [1.54, 1.807) is 18.3 Å². The smallest absolute Gasteiger partial charge is 0.137 e. The predicted molar refractivity (Wildman–Crippen MR) is 53.5 cm³/mol. The average Bonchev–Trinajstić information content (AvgIpc) is 2.65. The van der Waals surface area contributed by atoms with E-state index in [0.29, 0.717) is 5.56 Å². The van der Waals surface area contributed by atoms with Gasteiger partial charge in [0.05, 0.1) is 11.6 Å². The van der Waals surface area contributed by atoms with Crippen molar-refractivity contribution in [1.82, 2.24) is 9.97 Å². The molecule has 0 fully saturated rings. The van der Waals surface area contributed by atoms with Crippen LogP contribution in [0.15, 0.2) is 30.5 Å². The molecule has 1 aromatic carbocycles. The zero-order valence-corrected chi connectivity index (χ0v) is 7.78. The van der Waals surface area contributed by atoms with E-state index in [0.717, 1.165) is 17.1 Å². The molecule has 0 radical (unpaired) electrons. The predicted octanol–water partition coefficient (Wildman–Crippen LogP) is 2.26. The van der Waals surface area contributed by atoms with E-state index in [1.165, 1.54) is 0 Å². The van der Waals surface area contributed by atoms with Gasteiger partial charge in [-0.15, -0.1) is 0 Å². The van der Waals surface area contributed by atoms with Crippen LogP contribution in [0.25, 0.3) is 11.4 Å². The Hall–Kier alpha value is -2.08. The van der Waals surface area contributed by atoms with Crippen molar-refractivity contribution in [1.29, 1.82) is 5.26 Å². The molecular formula is C11H9N3. The molecule has 68 valence electrons. The van der Waals surface area contributed by atoms with Gasteiger partial charge in [-0.2, -0.15) is 5.26 Å². The molecule has 1 aromatic heterocycles. The van der Waals surface area contributed by atoms with Crippen molar-refractivity contribution in [2.24, 2.45) is 0 Å². The summed E-state index contributed by atoms with van der Waals surface area (Å²) in [5.74, 6) is 0.840. The van der Waals surface area contributed by atoms with Crippen LogP contribution in [0.2, 0.25) is 0 Å². The van der Waals surface area contributed by atoms with Crippen molar-refractivity contribution in [3.05, 3.63) is 41.7 Å². The van der Waals surface area contributed by atoms with E-state index in [2.05, 4.69) is 16.0 Å². The van der Waals surface area contributed by atoms with Gasteiger partial charge < -0.3 is 4.98 Å². The topological polar surface area (TPSA) is 52.5 Å². The summed E-state index contributed by atoms with van der Waals surface area (Å²) < 4.78 is 0. The highest BCUT2D eigenvalue weighted by Crippen LogP contribution is 2.15. The molecule has 0 aliphatic rings. The van der Waals surface area contributed by atoms with E-state index >= 15 is 0 Å². The maximum Gasteiger partial charge on any atom is 0.137 e.